The van der Waals surface area contributed by atoms with Crippen LogP contribution < -0.4 is 9.47 Å². The van der Waals surface area contributed by atoms with Gasteiger partial charge < -0.3 is 9.47 Å². The van der Waals surface area contributed by atoms with Gasteiger partial charge in [-0.1, -0.05) is 6.07 Å². The average molecular weight is 252 g/mol. The molecule has 0 bridgehead atoms. The van der Waals surface area contributed by atoms with Gasteiger partial charge >= 0.3 is 0 Å². The van der Waals surface area contributed by atoms with Crippen LogP contribution in [-0.2, 0) is 0 Å². The highest BCUT2D eigenvalue weighted by molar-refractivity contribution is 6.28. The van der Waals surface area contributed by atoms with Crippen LogP contribution in [0.2, 0.25) is 5.28 Å². The number of hydrogen-bond donors (Lipinski definition) is 0. The molecule has 5 nitrogen and oxygen atoms in total. The van der Waals surface area contributed by atoms with Gasteiger partial charge in [-0.15, -0.1) is 5.10 Å². The summed E-state index contributed by atoms with van der Waals surface area (Å²) in [6.07, 6.45) is 1.51. The Morgan fingerprint density at radius 1 is 1.12 bits per heavy atom. The Balaban J connectivity index is 2.64. The third kappa shape index (κ3) is 2.29. The zero-order valence-corrected chi connectivity index (χ0v) is 10.1. The lowest BCUT2D eigenvalue weighted by atomic mass is 10.1. The lowest BCUT2D eigenvalue weighted by Gasteiger charge is -2.11. The fourth-order valence-corrected chi connectivity index (χ4v) is 1.64. The molecule has 0 aliphatic carbocycles. The van der Waals surface area contributed by atoms with Crippen molar-refractivity contribution in [3.05, 3.63) is 29.7 Å². The first kappa shape index (κ1) is 11.6. The van der Waals surface area contributed by atoms with Gasteiger partial charge in [0.2, 0.25) is 5.28 Å². The van der Waals surface area contributed by atoms with E-state index in [1.807, 2.05) is 18.2 Å². The van der Waals surface area contributed by atoms with Crippen LogP contribution in [0.3, 0.4) is 0 Å². The van der Waals surface area contributed by atoms with Gasteiger partial charge in [0.05, 0.1) is 26.0 Å². The highest BCUT2D eigenvalue weighted by Crippen LogP contribution is 2.36. The molecule has 0 radical (unpaired) electrons. The van der Waals surface area contributed by atoms with Crippen molar-refractivity contribution in [3.8, 4) is 22.8 Å². The monoisotopic (exact) mass is 251 g/mol. The molecule has 0 fully saturated rings. The van der Waals surface area contributed by atoms with Crippen LogP contribution in [0.4, 0.5) is 0 Å². The smallest absolute Gasteiger partial charge is 0.243 e. The van der Waals surface area contributed by atoms with Crippen molar-refractivity contribution in [3.63, 3.8) is 0 Å². The first-order chi connectivity index (χ1) is 8.26. The molecule has 0 saturated heterocycles. The van der Waals surface area contributed by atoms with Gasteiger partial charge in [0.1, 0.15) is 17.2 Å². The maximum absolute atomic E-state index is 5.72. The lowest BCUT2D eigenvalue weighted by Crippen LogP contribution is -1.96. The first-order valence-corrected chi connectivity index (χ1v) is 5.20. The van der Waals surface area contributed by atoms with E-state index in [4.69, 9.17) is 21.1 Å². The van der Waals surface area contributed by atoms with Crippen molar-refractivity contribution in [2.24, 2.45) is 0 Å². The molecule has 2 rings (SSSR count). The summed E-state index contributed by atoms with van der Waals surface area (Å²) >= 11 is 5.72. The molecule has 0 unspecified atom stereocenters. The molecule has 88 valence electrons. The molecule has 1 aromatic heterocycles. The zero-order chi connectivity index (χ0) is 12.3. The van der Waals surface area contributed by atoms with Crippen molar-refractivity contribution in [2.75, 3.05) is 14.2 Å². The second-order valence-electron chi connectivity index (χ2n) is 3.15. The number of benzene rings is 1. The van der Waals surface area contributed by atoms with E-state index in [2.05, 4.69) is 15.2 Å². The fourth-order valence-electron chi connectivity index (χ4n) is 1.51. The fraction of sp³-hybridized carbons (Fsp3) is 0.182. The van der Waals surface area contributed by atoms with Crippen molar-refractivity contribution < 1.29 is 9.47 Å². The minimum atomic E-state index is 0.0791. The van der Waals surface area contributed by atoms with Crippen LogP contribution in [0.15, 0.2) is 24.4 Å². The molecule has 0 N–H and O–H groups in total. The third-order valence-corrected chi connectivity index (χ3v) is 2.38. The van der Waals surface area contributed by atoms with Gasteiger partial charge in [0.15, 0.2) is 0 Å². The van der Waals surface area contributed by atoms with E-state index in [0.29, 0.717) is 22.8 Å². The summed E-state index contributed by atoms with van der Waals surface area (Å²) in [4.78, 5) is 4.09. The van der Waals surface area contributed by atoms with Crippen LogP contribution in [0, 0.1) is 0 Å². The zero-order valence-electron chi connectivity index (χ0n) is 9.35. The molecular formula is C11H10ClN3O2. The van der Waals surface area contributed by atoms with Gasteiger partial charge in [0.25, 0.3) is 0 Å². The summed E-state index contributed by atoms with van der Waals surface area (Å²) in [6, 6.07) is 5.46. The van der Waals surface area contributed by atoms with E-state index in [1.54, 1.807) is 14.2 Å². The van der Waals surface area contributed by atoms with Gasteiger partial charge in [-0.2, -0.15) is 5.10 Å². The molecule has 17 heavy (non-hydrogen) atoms. The molecule has 0 aliphatic heterocycles. The highest BCUT2D eigenvalue weighted by Gasteiger charge is 2.14. The van der Waals surface area contributed by atoms with E-state index >= 15 is 0 Å². The van der Waals surface area contributed by atoms with Gasteiger partial charge in [-0.3, -0.25) is 0 Å². The summed E-state index contributed by atoms with van der Waals surface area (Å²) in [5, 5.41) is 7.43. The molecule has 0 aliphatic rings. The van der Waals surface area contributed by atoms with E-state index in [-0.39, 0.29) is 5.28 Å². The van der Waals surface area contributed by atoms with Crippen molar-refractivity contribution >= 4 is 11.6 Å². The van der Waals surface area contributed by atoms with Crippen molar-refractivity contribution in [1.29, 1.82) is 0 Å². The summed E-state index contributed by atoms with van der Waals surface area (Å²) in [5.74, 6) is 1.28. The molecule has 1 aromatic carbocycles. The Morgan fingerprint density at radius 3 is 2.29 bits per heavy atom. The predicted molar refractivity (Wildman–Crippen MR) is 63.4 cm³/mol. The third-order valence-electron chi connectivity index (χ3n) is 2.22. The van der Waals surface area contributed by atoms with Crippen molar-refractivity contribution in [2.45, 2.75) is 0 Å². The molecule has 0 spiro atoms. The normalized spacial score (nSPS) is 10.1. The molecule has 0 saturated carbocycles. The first-order valence-electron chi connectivity index (χ1n) is 4.83. The molecular weight excluding hydrogens is 242 g/mol. The molecule has 0 amide bonds. The summed E-state index contributed by atoms with van der Waals surface area (Å²) < 4.78 is 10.5. The number of ether oxygens (including phenoxy) is 2. The molecule has 6 heteroatoms. The largest absolute Gasteiger partial charge is 0.496 e. The standard InChI is InChI=1S/C11H10ClN3O2/c1-16-8-4-3-5-9(17-2)10(8)7-6-13-15-11(12)14-7/h3-6H,1-2H3. The van der Waals surface area contributed by atoms with Crippen LogP contribution in [0.5, 0.6) is 11.5 Å². The molecule has 0 atom stereocenters. The predicted octanol–water partition coefficient (Wildman–Crippen LogP) is 2.21. The lowest BCUT2D eigenvalue weighted by molar-refractivity contribution is 0.397. The SMILES string of the molecule is COc1cccc(OC)c1-c1cnnc(Cl)n1. The van der Waals surface area contributed by atoms with Crippen LogP contribution in [0.1, 0.15) is 0 Å². The van der Waals surface area contributed by atoms with Crippen LogP contribution in [-0.4, -0.2) is 29.4 Å². The maximum atomic E-state index is 5.72. The number of aromatic nitrogens is 3. The number of rotatable bonds is 3. The molecule has 2 aromatic rings. The summed E-state index contributed by atoms with van der Waals surface area (Å²) in [5.41, 5.74) is 1.26. The maximum Gasteiger partial charge on any atom is 0.243 e. The number of hydrogen-bond acceptors (Lipinski definition) is 5. The van der Waals surface area contributed by atoms with Crippen LogP contribution in [0.25, 0.3) is 11.3 Å². The summed E-state index contributed by atoms with van der Waals surface area (Å²) in [6.45, 7) is 0. The number of nitrogens with zero attached hydrogens (tertiary/aromatic N) is 3. The van der Waals surface area contributed by atoms with Gasteiger partial charge in [-0.05, 0) is 23.7 Å². The van der Waals surface area contributed by atoms with Crippen LogP contribution >= 0.6 is 11.6 Å². The topological polar surface area (TPSA) is 57.1 Å². The average Bonchev–Trinajstić information content (AvgIpc) is 2.37. The summed E-state index contributed by atoms with van der Waals surface area (Å²) in [7, 11) is 3.16. The minimum Gasteiger partial charge on any atom is -0.496 e. The number of methoxy groups -OCH3 is 2. The quantitative estimate of drug-likeness (QED) is 0.837. The Labute approximate surface area is 103 Å². The second-order valence-corrected chi connectivity index (χ2v) is 3.49. The van der Waals surface area contributed by atoms with E-state index in [0.717, 1.165) is 0 Å². The van der Waals surface area contributed by atoms with Crippen molar-refractivity contribution in [1.82, 2.24) is 15.2 Å². The Morgan fingerprint density at radius 2 is 1.76 bits per heavy atom. The van der Waals surface area contributed by atoms with E-state index < -0.39 is 0 Å². The second kappa shape index (κ2) is 4.97. The van der Waals surface area contributed by atoms with Gasteiger partial charge in [-0.25, -0.2) is 4.98 Å². The van der Waals surface area contributed by atoms with E-state index in [1.165, 1.54) is 6.20 Å². The number of halogens is 1. The Kier molecular flexibility index (Phi) is 3.39. The Bertz CT molecular complexity index is 512. The Hall–Kier alpha value is -1.88. The highest BCUT2D eigenvalue weighted by atomic mass is 35.5. The van der Waals surface area contributed by atoms with Gasteiger partial charge in [0, 0.05) is 0 Å². The minimum absolute atomic E-state index is 0.0791. The molecule has 1 heterocycles. The van der Waals surface area contributed by atoms with E-state index in [9.17, 15) is 0 Å².